The van der Waals surface area contributed by atoms with Crippen molar-refractivity contribution >= 4 is 17.6 Å². The monoisotopic (exact) mass is 420 g/mol. The van der Waals surface area contributed by atoms with E-state index >= 15 is 0 Å². The standard InChI is InChI=1S/C19H28ClF3N4O/c1-4-26(13-19(21,22)23)11-14-7-8-27(12-14)18(24-2)25-10-15-5-6-16(20)9-17(15)28-3/h5-6,9,14H,4,7-8,10-13H2,1-3H3,(H,24,25). The zero-order valence-corrected chi connectivity index (χ0v) is 17.3. The number of guanidine groups is 1. The molecule has 1 unspecified atom stereocenters. The van der Waals surface area contributed by atoms with Gasteiger partial charge in [-0.1, -0.05) is 24.6 Å². The van der Waals surface area contributed by atoms with Crippen LogP contribution in [0.1, 0.15) is 18.9 Å². The van der Waals surface area contributed by atoms with Gasteiger partial charge in [-0.25, -0.2) is 0 Å². The molecule has 1 atom stereocenters. The zero-order valence-electron chi connectivity index (χ0n) is 16.5. The molecule has 1 aliphatic heterocycles. The van der Waals surface area contributed by atoms with E-state index < -0.39 is 12.7 Å². The molecule has 28 heavy (non-hydrogen) atoms. The Kier molecular flexibility index (Phi) is 8.24. The Labute approximate surface area is 169 Å². The van der Waals surface area contributed by atoms with Crippen molar-refractivity contribution in [3.05, 3.63) is 28.8 Å². The fourth-order valence-corrected chi connectivity index (χ4v) is 3.63. The fourth-order valence-electron chi connectivity index (χ4n) is 3.47. The number of methoxy groups -OCH3 is 1. The molecule has 0 spiro atoms. The highest BCUT2D eigenvalue weighted by Crippen LogP contribution is 2.24. The lowest BCUT2D eigenvalue weighted by Crippen LogP contribution is -2.41. The van der Waals surface area contributed by atoms with E-state index in [4.69, 9.17) is 16.3 Å². The number of nitrogens with zero attached hydrogens (tertiary/aromatic N) is 3. The predicted molar refractivity (Wildman–Crippen MR) is 106 cm³/mol. The van der Waals surface area contributed by atoms with Gasteiger partial charge >= 0.3 is 6.18 Å². The van der Waals surface area contributed by atoms with Crippen molar-refractivity contribution in [1.82, 2.24) is 15.1 Å². The molecule has 9 heteroatoms. The summed E-state index contributed by atoms with van der Waals surface area (Å²) in [4.78, 5) is 7.88. The van der Waals surface area contributed by atoms with Gasteiger partial charge in [0, 0.05) is 43.8 Å². The van der Waals surface area contributed by atoms with E-state index in [1.807, 2.05) is 6.07 Å². The quantitative estimate of drug-likeness (QED) is 0.540. The van der Waals surface area contributed by atoms with E-state index in [1.165, 1.54) is 4.90 Å². The van der Waals surface area contributed by atoms with Crippen molar-refractivity contribution in [1.29, 1.82) is 0 Å². The Morgan fingerprint density at radius 2 is 2.18 bits per heavy atom. The molecule has 5 nitrogen and oxygen atoms in total. The van der Waals surface area contributed by atoms with Crippen LogP contribution in [0.5, 0.6) is 5.75 Å². The van der Waals surface area contributed by atoms with E-state index in [9.17, 15) is 13.2 Å². The number of halogens is 4. The molecular formula is C19H28ClF3N4O. The highest BCUT2D eigenvalue weighted by atomic mass is 35.5. The van der Waals surface area contributed by atoms with Gasteiger partial charge in [-0.15, -0.1) is 0 Å². The fraction of sp³-hybridized carbons (Fsp3) is 0.632. The van der Waals surface area contributed by atoms with Gasteiger partial charge in [0.1, 0.15) is 5.75 Å². The summed E-state index contributed by atoms with van der Waals surface area (Å²) in [6.45, 7) is 3.70. The van der Waals surface area contributed by atoms with Crippen molar-refractivity contribution in [2.45, 2.75) is 26.1 Å². The Morgan fingerprint density at radius 3 is 2.79 bits per heavy atom. The molecule has 0 aromatic heterocycles. The normalized spacial score (nSPS) is 18.1. The van der Waals surface area contributed by atoms with E-state index in [-0.39, 0.29) is 5.92 Å². The van der Waals surface area contributed by atoms with Crippen molar-refractivity contribution in [2.75, 3.05) is 46.9 Å². The first-order valence-electron chi connectivity index (χ1n) is 9.32. The Balaban J connectivity index is 1.90. The number of alkyl halides is 3. The summed E-state index contributed by atoms with van der Waals surface area (Å²) in [7, 11) is 3.30. The molecule has 1 aliphatic rings. The maximum absolute atomic E-state index is 12.7. The van der Waals surface area contributed by atoms with Crippen LogP contribution in [0.4, 0.5) is 13.2 Å². The third-order valence-corrected chi connectivity index (χ3v) is 5.08. The third kappa shape index (κ3) is 6.74. The number of rotatable bonds is 7. The van der Waals surface area contributed by atoms with E-state index in [2.05, 4.69) is 15.2 Å². The average Bonchev–Trinajstić information content (AvgIpc) is 3.09. The van der Waals surface area contributed by atoms with Crippen LogP contribution >= 0.6 is 11.6 Å². The second-order valence-electron chi connectivity index (χ2n) is 6.90. The first-order chi connectivity index (χ1) is 13.3. The predicted octanol–water partition coefficient (Wildman–Crippen LogP) is 3.63. The maximum Gasteiger partial charge on any atom is 0.401 e. The molecule has 0 saturated carbocycles. The molecule has 1 aromatic carbocycles. The molecule has 1 N–H and O–H groups in total. The van der Waals surface area contributed by atoms with E-state index in [0.29, 0.717) is 37.0 Å². The molecule has 0 radical (unpaired) electrons. The summed E-state index contributed by atoms with van der Waals surface area (Å²) < 4.78 is 43.4. The van der Waals surface area contributed by atoms with Gasteiger partial charge in [0.2, 0.25) is 0 Å². The second kappa shape index (κ2) is 10.2. The summed E-state index contributed by atoms with van der Waals surface area (Å²) in [5, 5.41) is 3.91. The smallest absolute Gasteiger partial charge is 0.401 e. The van der Waals surface area contributed by atoms with Crippen molar-refractivity contribution in [2.24, 2.45) is 10.9 Å². The number of benzene rings is 1. The number of nitrogens with one attached hydrogen (secondary N) is 1. The third-order valence-electron chi connectivity index (χ3n) is 4.85. The molecular weight excluding hydrogens is 393 g/mol. The van der Waals surface area contributed by atoms with Gasteiger partial charge in [-0.05, 0) is 31.0 Å². The lowest BCUT2D eigenvalue weighted by molar-refractivity contribution is -0.146. The zero-order chi connectivity index (χ0) is 20.7. The first-order valence-corrected chi connectivity index (χ1v) is 9.70. The van der Waals surface area contributed by atoms with Crippen molar-refractivity contribution in [3.8, 4) is 5.75 Å². The summed E-state index contributed by atoms with van der Waals surface area (Å²) in [5.74, 6) is 1.62. The van der Waals surface area contributed by atoms with Gasteiger partial charge in [-0.3, -0.25) is 9.89 Å². The highest BCUT2D eigenvalue weighted by Gasteiger charge is 2.33. The summed E-state index contributed by atoms with van der Waals surface area (Å²) in [6.07, 6.45) is -3.32. The molecule has 1 saturated heterocycles. The van der Waals surface area contributed by atoms with Crippen LogP contribution in [0, 0.1) is 5.92 Å². The van der Waals surface area contributed by atoms with Gasteiger partial charge < -0.3 is 15.0 Å². The summed E-state index contributed by atoms with van der Waals surface area (Å²) in [5.41, 5.74) is 0.950. The minimum absolute atomic E-state index is 0.186. The maximum atomic E-state index is 12.7. The van der Waals surface area contributed by atoms with Crippen molar-refractivity contribution in [3.63, 3.8) is 0 Å². The van der Waals surface area contributed by atoms with Gasteiger partial charge in [-0.2, -0.15) is 13.2 Å². The largest absolute Gasteiger partial charge is 0.496 e. The SMILES string of the molecule is CCN(CC1CCN(C(=NC)NCc2ccc(Cl)cc2OC)C1)CC(F)(F)F. The van der Waals surface area contributed by atoms with Crippen LogP contribution in [0.2, 0.25) is 5.02 Å². The van der Waals surface area contributed by atoms with Crippen molar-refractivity contribution < 1.29 is 17.9 Å². The Morgan fingerprint density at radius 1 is 1.43 bits per heavy atom. The Hall–Kier alpha value is -1.67. The summed E-state index contributed by atoms with van der Waals surface area (Å²) >= 11 is 5.99. The van der Waals surface area contributed by atoms with Gasteiger partial charge in [0.25, 0.3) is 0 Å². The van der Waals surface area contributed by atoms with Gasteiger partial charge in [0.05, 0.1) is 13.7 Å². The number of aliphatic imine (C=N–C) groups is 1. The van der Waals surface area contributed by atoms with Crippen LogP contribution < -0.4 is 10.1 Å². The van der Waals surface area contributed by atoms with Crippen LogP contribution in [0.25, 0.3) is 0 Å². The first kappa shape index (κ1) is 22.6. The molecule has 1 heterocycles. The molecule has 1 aromatic rings. The molecule has 0 bridgehead atoms. The van der Waals surface area contributed by atoms with Gasteiger partial charge in [0.15, 0.2) is 5.96 Å². The molecule has 0 aliphatic carbocycles. The minimum Gasteiger partial charge on any atom is -0.496 e. The van der Waals surface area contributed by atoms with E-state index in [0.717, 1.165) is 24.5 Å². The Bertz CT molecular complexity index is 669. The highest BCUT2D eigenvalue weighted by molar-refractivity contribution is 6.30. The van der Waals surface area contributed by atoms with Crippen LogP contribution in [0.3, 0.4) is 0 Å². The molecule has 1 fully saturated rings. The number of ether oxygens (including phenoxy) is 1. The molecule has 0 amide bonds. The lowest BCUT2D eigenvalue weighted by atomic mass is 10.1. The number of hydrogen-bond donors (Lipinski definition) is 1. The van der Waals surface area contributed by atoms with Crippen LogP contribution in [-0.4, -0.2) is 68.8 Å². The van der Waals surface area contributed by atoms with Crippen LogP contribution in [-0.2, 0) is 6.54 Å². The lowest BCUT2D eigenvalue weighted by Gasteiger charge is -2.26. The van der Waals surface area contributed by atoms with E-state index in [1.54, 1.807) is 33.2 Å². The number of hydrogen-bond acceptors (Lipinski definition) is 3. The second-order valence-corrected chi connectivity index (χ2v) is 7.34. The van der Waals surface area contributed by atoms with Crippen LogP contribution in [0.15, 0.2) is 23.2 Å². The number of likely N-dealkylation sites (tertiary alicyclic amines) is 1. The minimum atomic E-state index is -4.16. The molecule has 158 valence electrons. The summed E-state index contributed by atoms with van der Waals surface area (Å²) in [6, 6.07) is 5.45. The average molecular weight is 421 g/mol. The molecule has 2 rings (SSSR count). The topological polar surface area (TPSA) is 40.1 Å².